The lowest BCUT2D eigenvalue weighted by Gasteiger charge is -2.20. The summed E-state index contributed by atoms with van der Waals surface area (Å²) in [5.41, 5.74) is 3.61. The Labute approximate surface area is 110 Å². The molecule has 0 fully saturated rings. The fourth-order valence-electron chi connectivity index (χ4n) is 1.51. The van der Waals surface area contributed by atoms with Gasteiger partial charge in [-0.2, -0.15) is 0 Å². The molecule has 1 aromatic rings. The molecule has 0 saturated heterocycles. The van der Waals surface area contributed by atoms with Crippen LogP contribution in [0.1, 0.15) is 15.9 Å². The number of amides is 1. The fraction of sp³-hybridized carbons (Fsp3) is 0.417. The lowest BCUT2D eigenvalue weighted by Crippen LogP contribution is -2.44. The number of alkyl halides is 2. The molecular formula is C12H15ClF2N2O. The van der Waals surface area contributed by atoms with E-state index in [4.69, 9.17) is 11.6 Å². The molecule has 0 atom stereocenters. The van der Waals surface area contributed by atoms with Crippen molar-refractivity contribution in [3.8, 4) is 0 Å². The quantitative estimate of drug-likeness (QED) is 0.810. The van der Waals surface area contributed by atoms with Crippen LogP contribution in [-0.2, 0) is 0 Å². The summed E-state index contributed by atoms with van der Waals surface area (Å²) in [6, 6.07) is 4.83. The Balaban J connectivity index is 2.73. The summed E-state index contributed by atoms with van der Waals surface area (Å²) >= 11 is 5.79. The van der Waals surface area contributed by atoms with Gasteiger partial charge in [-0.1, -0.05) is 11.6 Å². The van der Waals surface area contributed by atoms with Gasteiger partial charge in [0.25, 0.3) is 5.91 Å². The van der Waals surface area contributed by atoms with Gasteiger partial charge in [-0.05, 0) is 30.7 Å². The number of carbonyl (C=O) groups is 1. The molecule has 1 rings (SSSR count). The van der Waals surface area contributed by atoms with E-state index in [1.165, 1.54) is 5.01 Å². The first-order chi connectivity index (χ1) is 8.58. The van der Waals surface area contributed by atoms with E-state index in [1.807, 2.05) is 0 Å². The minimum Gasteiger partial charge on any atom is -0.285 e. The topological polar surface area (TPSA) is 32.3 Å². The number of carbonyl (C=O) groups excluding carboxylic acids is 1. The number of halogens is 3. The molecule has 100 valence electrons. The zero-order chi connectivity index (χ0) is 13.5. The van der Waals surface area contributed by atoms with Gasteiger partial charge in [0.1, 0.15) is 13.3 Å². The van der Waals surface area contributed by atoms with Crippen LogP contribution in [0, 0.1) is 6.92 Å². The number of aryl methyl sites for hydroxylation is 1. The van der Waals surface area contributed by atoms with E-state index >= 15 is 0 Å². The molecular weight excluding hydrogens is 262 g/mol. The summed E-state index contributed by atoms with van der Waals surface area (Å²) in [5, 5.41) is 1.75. The van der Waals surface area contributed by atoms with Crippen molar-refractivity contribution in [1.82, 2.24) is 10.4 Å². The Kier molecular flexibility index (Phi) is 6.01. The standard InChI is InChI=1S/C12H15ClF2N2O/c1-9-8-10(13)2-3-11(9)12(18)16-17(6-4-14)7-5-15/h2-3,8H,4-7H2,1H3,(H,16,18). The molecule has 6 heteroatoms. The molecule has 1 amide bonds. The molecule has 3 nitrogen and oxygen atoms in total. The van der Waals surface area contributed by atoms with Crippen molar-refractivity contribution >= 4 is 17.5 Å². The summed E-state index contributed by atoms with van der Waals surface area (Å²) in [5.74, 6) is -0.397. The molecule has 18 heavy (non-hydrogen) atoms. The first kappa shape index (κ1) is 14.9. The van der Waals surface area contributed by atoms with E-state index in [0.29, 0.717) is 16.1 Å². The summed E-state index contributed by atoms with van der Waals surface area (Å²) in [7, 11) is 0. The van der Waals surface area contributed by atoms with Gasteiger partial charge in [0.05, 0.1) is 0 Å². The van der Waals surface area contributed by atoms with E-state index in [-0.39, 0.29) is 13.1 Å². The maximum atomic E-state index is 12.2. The molecule has 0 unspecified atom stereocenters. The number of rotatable bonds is 6. The first-order valence-corrected chi connectivity index (χ1v) is 5.90. The second-order valence-electron chi connectivity index (χ2n) is 3.77. The van der Waals surface area contributed by atoms with Gasteiger partial charge in [0.15, 0.2) is 0 Å². The smallest absolute Gasteiger partial charge is 0.265 e. The summed E-state index contributed by atoms with van der Waals surface area (Å²) in [4.78, 5) is 11.9. The maximum absolute atomic E-state index is 12.2. The Morgan fingerprint density at radius 3 is 2.44 bits per heavy atom. The fourth-order valence-corrected chi connectivity index (χ4v) is 1.74. The van der Waals surface area contributed by atoms with Crippen LogP contribution in [-0.4, -0.2) is 37.4 Å². The number of hydrogen-bond acceptors (Lipinski definition) is 2. The molecule has 0 aliphatic carbocycles. The van der Waals surface area contributed by atoms with Crippen molar-refractivity contribution in [2.75, 3.05) is 26.4 Å². The van der Waals surface area contributed by atoms with Crippen LogP contribution in [0.25, 0.3) is 0 Å². The Hall–Kier alpha value is -1.20. The minimum absolute atomic E-state index is 0.0394. The van der Waals surface area contributed by atoms with Crippen LogP contribution < -0.4 is 5.43 Å². The predicted octanol–water partition coefficient (Wildman–Crippen LogP) is 2.53. The van der Waals surface area contributed by atoms with Gasteiger partial charge < -0.3 is 0 Å². The van der Waals surface area contributed by atoms with Gasteiger partial charge in [-0.15, -0.1) is 0 Å². The van der Waals surface area contributed by atoms with E-state index in [1.54, 1.807) is 25.1 Å². The van der Waals surface area contributed by atoms with Crippen molar-refractivity contribution < 1.29 is 13.6 Å². The number of nitrogens with zero attached hydrogens (tertiary/aromatic N) is 1. The van der Waals surface area contributed by atoms with Crippen LogP contribution in [0.5, 0.6) is 0 Å². The third-order valence-electron chi connectivity index (χ3n) is 2.40. The van der Waals surface area contributed by atoms with Crippen molar-refractivity contribution in [2.45, 2.75) is 6.92 Å². The summed E-state index contributed by atoms with van der Waals surface area (Å²) < 4.78 is 24.4. The Bertz CT molecular complexity index is 409. The highest BCUT2D eigenvalue weighted by Gasteiger charge is 2.13. The van der Waals surface area contributed by atoms with Crippen molar-refractivity contribution in [1.29, 1.82) is 0 Å². The molecule has 0 spiro atoms. The largest absolute Gasteiger partial charge is 0.285 e. The van der Waals surface area contributed by atoms with E-state index in [9.17, 15) is 13.6 Å². The Morgan fingerprint density at radius 1 is 1.33 bits per heavy atom. The van der Waals surface area contributed by atoms with E-state index in [0.717, 1.165) is 0 Å². The lowest BCUT2D eigenvalue weighted by atomic mass is 10.1. The number of hydrogen-bond donors (Lipinski definition) is 1. The van der Waals surface area contributed by atoms with Gasteiger partial charge in [0, 0.05) is 23.7 Å². The van der Waals surface area contributed by atoms with Crippen LogP contribution in [0.4, 0.5) is 8.78 Å². The molecule has 0 bridgehead atoms. The first-order valence-electron chi connectivity index (χ1n) is 5.52. The van der Waals surface area contributed by atoms with Crippen molar-refractivity contribution in [3.05, 3.63) is 34.3 Å². The third-order valence-corrected chi connectivity index (χ3v) is 2.64. The third kappa shape index (κ3) is 4.23. The van der Waals surface area contributed by atoms with Crippen molar-refractivity contribution in [2.24, 2.45) is 0 Å². The number of benzene rings is 1. The van der Waals surface area contributed by atoms with Gasteiger partial charge in [-0.3, -0.25) is 10.2 Å². The van der Waals surface area contributed by atoms with Crippen LogP contribution in [0.2, 0.25) is 5.02 Å². The molecule has 1 aromatic carbocycles. The highest BCUT2D eigenvalue weighted by molar-refractivity contribution is 6.30. The van der Waals surface area contributed by atoms with E-state index in [2.05, 4.69) is 5.43 Å². The molecule has 0 saturated carbocycles. The van der Waals surface area contributed by atoms with Crippen LogP contribution in [0.3, 0.4) is 0 Å². The average Bonchev–Trinajstić information content (AvgIpc) is 2.29. The highest BCUT2D eigenvalue weighted by Crippen LogP contribution is 2.15. The minimum atomic E-state index is -0.653. The maximum Gasteiger partial charge on any atom is 0.265 e. The van der Waals surface area contributed by atoms with Crippen LogP contribution in [0.15, 0.2) is 18.2 Å². The summed E-state index contributed by atoms with van der Waals surface area (Å²) in [6.45, 7) is 0.361. The van der Waals surface area contributed by atoms with E-state index < -0.39 is 19.3 Å². The highest BCUT2D eigenvalue weighted by atomic mass is 35.5. The molecule has 0 aliphatic heterocycles. The molecule has 0 aliphatic rings. The number of nitrogens with one attached hydrogen (secondary N) is 1. The monoisotopic (exact) mass is 276 g/mol. The number of hydrazine groups is 1. The predicted molar refractivity (Wildman–Crippen MR) is 67.2 cm³/mol. The molecule has 1 N–H and O–H groups in total. The lowest BCUT2D eigenvalue weighted by molar-refractivity contribution is 0.0764. The molecule has 0 aromatic heterocycles. The van der Waals surface area contributed by atoms with Gasteiger partial charge >= 0.3 is 0 Å². The summed E-state index contributed by atoms with van der Waals surface area (Å²) in [6.07, 6.45) is 0. The van der Waals surface area contributed by atoms with Gasteiger partial charge in [-0.25, -0.2) is 13.8 Å². The molecule has 0 heterocycles. The zero-order valence-electron chi connectivity index (χ0n) is 10.0. The Morgan fingerprint density at radius 2 is 1.94 bits per heavy atom. The second kappa shape index (κ2) is 7.28. The zero-order valence-corrected chi connectivity index (χ0v) is 10.8. The van der Waals surface area contributed by atoms with Crippen molar-refractivity contribution in [3.63, 3.8) is 0 Å². The second-order valence-corrected chi connectivity index (χ2v) is 4.20. The van der Waals surface area contributed by atoms with Gasteiger partial charge in [0.2, 0.25) is 0 Å². The normalized spacial score (nSPS) is 10.7. The molecule has 0 radical (unpaired) electrons. The average molecular weight is 277 g/mol. The SMILES string of the molecule is Cc1cc(Cl)ccc1C(=O)NN(CCF)CCF. The van der Waals surface area contributed by atoms with Crippen LogP contribution >= 0.6 is 11.6 Å².